The Bertz CT molecular complexity index is 106. The van der Waals surface area contributed by atoms with Crippen LogP contribution < -0.4 is 0 Å². The molecule has 0 aromatic heterocycles. The highest BCUT2D eigenvalue weighted by molar-refractivity contribution is 4.65. The van der Waals surface area contributed by atoms with E-state index in [-0.39, 0.29) is 5.60 Å². The molecule has 0 atom stereocenters. The first-order chi connectivity index (χ1) is 3.91. The summed E-state index contributed by atoms with van der Waals surface area (Å²) in [5.41, 5.74) is -0.122. The Morgan fingerprint density at radius 2 is 1.89 bits per heavy atom. The van der Waals surface area contributed by atoms with Crippen LogP contribution >= 0.6 is 0 Å². The van der Waals surface area contributed by atoms with E-state index in [1.54, 1.807) is 0 Å². The summed E-state index contributed by atoms with van der Waals surface area (Å²) >= 11 is 0. The minimum Gasteiger partial charge on any atom is -0.173 e. The minimum absolute atomic E-state index is 0.122. The first-order valence-electron chi connectivity index (χ1n) is 3.12. The summed E-state index contributed by atoms with van der Waals surface area (Å²) in [7, 11) is 3.93. The lowest BCUT2D eigenvalue weighted by molar-refractivity contribution is -1.10. The van der Waals surface area contributed by atoms with Crippen molar-refractivity contribution < 1.29 is 14.5 Å². The van der Waals surface area contributed by atoms with Gasteiger partial charge in [0, 0.05) is 0 Å². The molecule has 1 aliphatic rings. The van der Waals surface area contributed by atoms with Crippen LogP contribution in [-0.4, -0.2) is 30.9 Å². The molecule has 0 radical (unpaired) electrons. The molecule has 1 aliphatic heterocycles. The zero-order valence-corrected chi connectivity index (χ0v) is 6.47. The number of hydrogen-bond donors (Lipinski definition) is 0. The van der Waals surface area contributed by atoms with Crippen LogP contribution in [0.25, 0.3) is 0 Å². The van der Waals surface area contributed by atoms with Gasteiger partial charge in [-0.25, -0.2) is 0 Å². The highest BCUT2D eigenvalue weighted by atomic mass is 17.3. The third-order valence-corrected chi connectivity index (χ3v) is 1.23. The van der Waals surface area contributed by atoms with Crippen LogP contribution in [0.1, 0.15) is 13.8 Å². The van der Waals surface area contributed by atoms with Crippen molar-refractivity contribution >= 4 is 0 Å². The molecule has 0 aromatic carbocycles. The molecule has 0 unspecified atom stereocenters. The van der Waals surface area contributed by atoms with E-state index in [1.807, 2.05) is 27.9 Å². The fourth-order valence-corrected chi connectivity index (χ4v) is 1.17. The van der Waals surface area contributed by atoms with Crippen LogP contribution in [0, 0.1) is 0 Å². The molecule has 54 valence electrons. The number of likely N-dealkylation sites (N-methyl/N-ethyl adjacent to an activating group) is 1. The van der Waals surface area contributed by atoms with Crippen molar-refractivity contribution in [2.75, 3.05) is 20.6 Å². The second-order valence-electron chi connectivity index (χ2n) is 3.65. The fraction of sp³-hybridized carbons (Fsp3) is 1.00. The van der Waals surface area contributed by atoms with Gasteiger partial charge in [-0.3, -0.25) is 0 Å². The molecule has 9 heavy (non-hydrogen) atoms. The first kappa shape index (κ1) is 6.99. The molecule has 1 saturated heterocycles. The second kappa shape index (κ2) is 1.68. The Morgan fingerprint density at radius 3 is 2.00 bits per heavy atom. The molecule has 3 heteroatoms. The van der Waals surface area contributed by atoms with E-state index in [1.165, 1.54) is 0 Å². The number of hydrogen-bond acceptors (Lipinski definition) is 2. The standard InChI is InChI=1S/C6H14NO2/c1-6(2)5-7(3,4)9-8-6/h5H2,1-4H3/q+1. The first-order valence-corrected chi connectivity index (χ1v) is 3.12. The lowest BCUT2D eigenvalue weighted by Crippen LogP contribution is -2.38. The van der Waals surface area contributed by atoms with E-state index in [0.29, 0.717) is 4.65 Å². The van der Waals surface area contributed by atoms with Gasteiger partial charge in [0.25, 0.3) is 0 Å². The van der Waals surface area contributed by atoms with Crippen LogP contribution in [0.2, 0.25) is 0 Å². The van der Waals surface area contributed by atoms with Crippen LogP contribution in [0.4, 0.5) is 0 Å². The lowest BCUT2D eigenvalue weighted by Gasteiger charge is -2.15. The second-order valence-corrected chi connectivity index (χ2v) is 3.65. The Labute approximate surface area is 55.6 Å². The molecular weight excluding hydrogens is 118 g/mol. The van der Waals surface area contributed by atoms with Crippen LogP contribution in [-0.2, 0) is 9.88 Å². The maximum Gasteiger partial charge on any atom is 0.155 e. The average molecular weight is 132 g/mol. The van der Waals surface area contributed by atoms with Gasteiger partial charge in [0.05, 0.1) is 0 Å². The summed E-state index contributed by atoms with van der Waals surface area (Å²) in [6.07, 6.45) is 0. The van der Waals surface area contributed by atoms with Gasteiger partial charge in [-0.1, -0.05) is 0 Å². The monoisotopic (exact) mass is 132 g/mol. The van der Waals surface area contributed by atoms with Gasteiger partial charge in [-0.15, -0.1) is 4.65 Å². The Morgan fingerprint density at radius 1 is 1.33 bits per heavy atom. The van der Waals surface area contributed by atoms with Crippen LogP contribution in [0.5, 0.6) is 0 Å². The Balaban J connectivity index is 2.58. The van der Waals surface area contributed by atoms with E-state index in [0.717, 1.165) is 6.54 Å². The number of nitrogens with zero attached hydrogens (tertiary/aromatic N) is 1. The zero-order valence-electron chi connectivity index (χ0n) is 6.47. The molecule has 0 aromatic rings. The van der Waals surface area contributed by atoms with Crippen molar-refractivity contribution in [1.29, 1.82) is 0 Å². The summed E-state index contributed by atoms with van der Waals surface area (Å²) in [4.78, 5) is 10.0. The van der Waals surface area contributed by atoms with Crippen molar-refractivity contribution in [2.24, 2.45) is 0 Å². The van der Waals surface area contributed by atoms with Gasteiger partial charge in [-0.05, 0) is 18.8 Å². The molecule has 0 aliphatic carbocycles. The predicted molar refractivity (Wildman–Crippen MR) is 33.2 cm³/mol. The minimum atomic E-state index is -0.122. The van der Waals surface area contributed by atoms with Crippen molar-refractivity contribution in [3.8, 4) is 0 Å². The summed E-state index contributed by atoms with van der Waals surface area (Å²) < 4.78 is 0.493. The highest BCUT2D eigenvalue weighted by Crippen LogP contribution is 2.23. The highest BCUT2D eigenvalue weighted by Gasteiger charge is 2.41. The molecule has 1 fully saturated rings. The smallest absolute Gasteiger partial charge is 0.155 e. The van der Waals surface area contributed by atoms with E-state index >= 15 is 0 Å². The number of quaternary nitrogens is 1. The summed E-state index contributed by atoms with van der Waals surface area (Å²) in [5, 5.41) is 0. The maximum absolute atomic E-state index is 5.03. The van der Waals surface area contributed by atoms with Crippen LogP contribution in [0.15, 0.2) is 0 Å². The molecular formula is C6H14NO2+. The van der Waals surface area contributed by atoms with Crippen LogP contribution in [0.3, 0.4) is 0 Å². The molecule has 0 amide bonds. The van der Waals surface area contributed by atoms with Gasteiger partial charge >= 0.3 is 0 Å². The topological polar surface area (TPSA) is 18.5 Å². The normalized spacial score (nSPS) is 30.7. The molecule has 3 nitrogen and oxygen atoms in total. The van der Waals surface area contributed by atoms with Crippen molar-refractivity contribution in [3.05, 3.63) is 0 Å². The van der Waals surface area contributed by atoms with Crippen molar-refractivity contribution in [2.45, 2.75) is 19.4 Å². The molecule has 0 N–H and O–H groups in total. The third-order valence-electron chi connectivity index (χ3n) is 1.23. The Hall–Kier alpha value is -0.120. The van der Waals surface area contributed by atoms with Crippen molar-refractivity contribution in [1.82, 2.24) is 0 Å². The van der Waals surface area contributed by atoms with Gasteiger partial charge in [0.2, 0.25) is 0 Å². The largest absolute Gasteiger partial charge is 0.173 e. The summed E-state index contributed by atoms with van der Waals surface area (Å²) in [6.45, 7) is 4.92. The molecule has 1 rings (SSSR count). The Kier molecular flexibility index (Phi) is 1.31. The zero-order chi connectivity index (χ0) is 7.12. The van der Waals surface area contributed by atoms with E-state index in [4.69, 9.17) is 9.88 Å². The number of hydroxylamine groups is 3. The SMILES string of the molecule is CC1(C)C[N+](C)(C)OO1. The maximum atomic E-state index is 5.03. The molecule has 1 heterocycles. The van der Waals surface area contributed by atoms with E-state index in [9.17, 15) is 0 Å². The van der Waals surface area contributed by atoms with Gasteiger partial charge in [0.15, 0.2) is 5.60 Å². The molecule has 0 bridgehead atoms. The predicted octanol–water partition coefficient (Wildman–Crippen LogP) is 0.718. The van der Waals surface area contributed by atoms with Gasteiger partial charge < -0.3 is 0 Å². The van der Waals surface area contributed by atoms with E-state index < -0.39 is 0 Å². The quantitative estimate of drug-likeness (QED) is 0.357. The van der Waals surface area contributed by atoms with Gasteiger partial charge in [-0.2, -0.15) is 4.89 Å². The van der Waals surface area contributed by atoms with E-state index in [2.05, 4.69) is 0 Å². The van der Waals surface area contributed by atoms with Crippen molar-refractivity contribution in [3.63, 3.8) is 0 Å². The summed E-state index contributed by atoms with van der Waals surface area (Å²) in [5.74, 6) is 0. The average Bonchev–Trinajstić information content (AvgIpc) is 1.78. The fourth-order valence-electron chi connectivity index (χ4n) is 1.17. The lowest BCUT2D eigenvalue weighted by atomic mass is 10.1. The molecule has 0 saturated carbocycles. The van der Waals surface area contributed by atoms with Gasteiger partial charge in [0.1, 0.15) is 20.6 Å². The summed E-state index contributed by atoms with van der Waals surface area (Å²) in [6, 6.07) is 0. The number of rotatable bonds is 0. The third kappa shape index (κ3) is 1.64. The molecule has 0 spiro atoms.